The van der Waals surface area contributed by atoms with Gasteiger partial charge in [-0.1, -0.05) is 132 Å². The Morgan fingerprint density at radius 3 is 0.983 bits per heavy atom. The summed E-state index contributed by atoms with van der Waals surface area (Å²) in [7, 11) is 2.00. The summed E-state index contributed by atoms with van der Waals surface area (Å²) in [4.78, 5) is 0. The predicted molar refractivity (Wildman–Crippen MR) is 252 cm³/mol. The van der Waals surface area contributed by atoms with E-state index in [0.717, 1.165) is 33.8 Å². The Balaban J connectivity index is 0.00000641. The minimum atomic E-state index is -1.52. The molecule has 2 nitrogen and oxygen atoms in total. The average Bonchev–Trinajstić information content (AvgIpc) is 3.44. The molecule has 308 valence electrons. The third-order valence-corrected chi connectivity index (χ3v) is 17.6. The molecule has 2 aliphatic rings. The molecule has 2 aliphatic carbocycles. The standard InChI is InChI=1S/C52H66Cl2O2Si.Hf/c1-29-31(3)51(53,45-41(55-17)21-19-39(43(29)45)33-23-35(47(5,6)7)27-36(24-33)48(8,9)10)57-52(54)32(4)30(2)44-40(20-22-42(56-18)46(44)52)34-25-37(49(11,12)13)28-38(26-34)50(14,15)16;/h19-28H,57H2,1-18H3;. The van der Waals surface area contributed by atoms with Gasteiger partial charge in [0.05, 0.1) is 32.7 Å². The van der Waals surface area contributed by atoms with Gasteiger partial charge in [-0.2, -0.15) is 0 Å². The first-order chi connectivity index (χ1) is 26.1. The summed E-state index contributed by atoms with van der Waals surface area (Å²) in [6.07, 6.45) is 0. The Morgan fingerprint density at radius 1 is 0.466 bits per heavy atom. The van der Waals surface area contributed by atoms with E-state index in [1.54, 1.807) is 14.2 Å². The number of halogens is 2. The summed E-state index contributed by atoms with van der Waals surface area (Å²) in [5, 5.41) is 0. The largest absolute Gasteiger partial charge is 0.496 e. The van der Waals surface area contributed by atoms with Gasteiger partial charge in [0.25, 0.3) is 0 Å². The fraction of sp³-hybridized carbons (Fsp3) is 0.462. The molecule has 0 N–H and O–H groups in total. The maximum Gasteiger partial charge on any atom is 0.124 e. The van der Waals surface area contributed by atoms with Gasteiger partial charge < -0.3 is 9.47 Å². The summed E-state index contributed by atoms with van der Waals surface area (Å²) >= 11 is 16.6. The maximum atomic E-state index is 8.32. The van der Waals surface area contributed by atoms with Crippen molar-refractivity contribution in [3.05, 3.63) is 116 Å². The Kier molecular flexibility index (Phi) is 12.5. The second-order valence-electron chi connectivity index (χ2n) is 21.0. The minimum absolute atomic E-state index is 0. The van der Waals surface area contributed by atoms with Crippen molar-refractivity contribution in [2.24, 2.45) is 0 Å². The van der Waals surface area contributed by atoms with Gasteiger partial charge in [0.2, 0.25) is 0 Å². The predicted octanol–water partition coefficient (Wildman–Crippen LogP) is 14.5. The van der Waals surface area contributed by atoms with Crippen LogP contribution in [0.15, 0.2) is 71.8 Å². The number of hydrogen-bond acceptors (Lipinski definition) is 2. The van der Waals surface area contributed by atoms with Gasteiger partial charge in [-0.15, -0.1) is 23.2 Å². The van der Waals surface area contributed by atoms with Gasteiger partial charge in [-0.05, 0) is 139 Å². The number of fused-ring (bicyclic) bond motifs is 2. The molecular weight excluding hydrogens is 934 g/mol. The molecule has 58 heavy (non-hydrogen) atoms. The van der Waals surface area contributed by atoms with Gasteiger partial charge >= 0.3 is 0 Å². The molecule has 0 heterocycles. The number of methoxy groups -OCH3 is 2. The summed E-state index contributed by atoms with van der Waals surface area (Å²) in [5.74, 6) is 1.61. The van der Waals surface area contributed by atoms with Crippen molar-refractivity contribution in [2.75, 3.05) is 14.2 Å². The molecular formula is C52H66Cl2HfO2Si. The number of allylic oxidation sites excluding steroid dienone is 4. The third kappa shape index (κ3) is 7.84. The summed E-state index contributed by atoms with van der Waals surface area (Å²) in [6, 6.07) is 23.0. The van der Waals surface area contributed by atoms with Gasteiger partial charge in [-0.3, -0.25) is 0 Å². The molecule has 2 atom stereocenters. The quantitative estimate of drug-likeness (QED) is 0.142. The zero-order valence-electron chi connectivity index (χ0n) is 38.6. The van der Waals surface area contributed by atoms with Crippen LogP contribution in [0.4, 0.5) is 0 Å². The number of hydrogen-bond donors (Lipinski definition) is 0. The Bertz CT molecular complexity index is 2130. The Morgan fingerprint density at radius 2 is 0.741 bits per heavy atom. The van der Waals surface area contributed by atoms with Gasteiger partial charge in [0.15, 0.2) is 0 Å². The van der Waals surface area contributed by atoms with E-state index in [2.05, 4.69) is 171 Å². The SMILES string of the molecule is COc1ccc(-c2cc(C(C)(C)C)cc(C(C)(C)C)c2)c2c1C(Cl)([SiH2]C1(Cl)C(C)=C(C)c3c(-c4cc(C(C)(C)C)cc(C(C)(C)C)c4)ccc(OC)c31)C(C)=C2C.[Hf]. The van der Waals surface area contributed by atoms with Crippen molar-refractivity contribution in [1.82, 2.24) is 0 Å². The van der Waals surface area contributed by atoms with E-state index in [0.29, 0.717) is 0 Å². The first kappa shape index (κ1) is 46.7. The normalized spacial score (nSPS) is 19.9. The van der Waals surface area contributed by atoms with E-state index in [1.165, 1.54) is 66.8 Å². The van der Waals surface area contributed by atoms with Crippen molar-refractivity contribution < 1.29 is 35.3 Å². The molecule has 0 aromatic heterocycles. The van der Waals surface area contributed by atoms with Gasteiger partial charge in [-0.25, -0.2) is 0 Å². The second kappa shape index (κ2) is 15.5. The average molecular weight is 1000 g/mol. The van der Waals surface area contributed by atoms with Crippen LogP contribution >= 0.6 is 23.2 Å². The summed E-state index contributed by atoms with van der Waals surface area (Å²) in [5.41, 5.74) is 19.1. The first-order valence-electron chi connectivity index (χ1n) is 20.6. The van der Waals surface area contributed by atoms with Crippen molar-refractivity contribution >= 4 is 43.9 Å². The monoisotopic (exact) mass is 1000 g/mol. The molecule has 4 aromatic carbocycles. The Hall–Kier alpha value is -2.37. The van der Waals surface area contributed by atoms with E-state index in [9.17, 15) is 0 Å². The van der Waals surface area contributed by atoms with Crippen LogP contribution in [-0.2, 0) is 56.5 Å². The van der Waals surface area contributed by atoms with Gasteiger partial charge in [0.1, 0.15) is 11.5 Å². The van der Waals surface area contributed by atoms with Crippen LogP contribution in [0.25, 0.3) is 33.4 Å². The van der Waals surface area contributed by atoms with Gasteiger partial charge in [0, 0.05) is 37.0 Å². The number of alkyl halides is 2. The van der Waals surface area contributed by atoms with E-state index >= 15 is 0 Å². The van der Waals surface area contributed by atoms with Crippen LogP contribution in [0.3, 0.4) is 0 Å². The molecule has 4 aromatic rings. The molecule has 6 rings (SSSR count). The zero-order valence-corrected chi connectivity index (χ0v) is 45.1. The fourth-order valence-electron chi connectivity index (χ4n) is 8.97. The maximum absolute atomic E-state index is 8.32. The van der Waals surface area contributed by atoms with Crippen LogP contribution in [0.2, 0.25) is 0 Å². The molecule has 0 bridgehead atoms. The number of benzene rings is 4. The van der Waals surface area contributed by atoms with Crippen LogP contribution in [-0.4, -0.2) is 23.7 Å². The van der Waals surface area contributed by atoms with Crippen LogP contribution in [0, 0.1) is 0 Å². The minimum Gasteiger partial charge on any atom is -0.496 e. The first-order valence-corrected chi connectivity index (χ1v) is 22.8. The van der Waals surface area contributed by atoms with E-state index in [4.69, 9.17) is 32.7 Å². The molecule has 2 unspecified atom stereocenters. The van der Waals surface area contributed by atoms with E-state index in [1.807, 2.05) is 0 Å². The smallest absolute Gasteiger partial charge is 0.124 e. The molecule has 0 fully saturated rings. The zero-order chi connectivity index (χ0) is 42.6. The second-order valence-corrected chi connectivity index (χ2v) is 25.7. The van der Waals surface area contributed by atoms with E-state index < -0.39 is 18.5 Å². The summed E-state index contributed by atoms with van der Waals surface area (Å²) < 4.78 is 10.8. The number of ether oxygens (including phenoxy) is 2. The van der Waals surface area contributed by atoms with Crippen LogP contribution in [0.1, 0.15) is 155 Å². The van der Waals surface area contributed by atoms with Crippen molar-refractivity contribution in [1.29, 1.82) is 0 Å². The topological polar surface area (TPSA) is 18.5 Å². The van der Waals surface area contributed by atoms with Crippen molar-refractivity contribution in [3.63, 3.8) is 0 Å². The molecule has 0 aliphatic heterocycles. The summed E-state index contributed by atoms with van der Waals surface area (Å²) in [6.45, 7) is 36.4. The van der Waals surface area contributed by atoms with Crippen molar-refractivity contribution in [3.8, 4) is 33.8 Å². The van der Waals surface area contributed by atoms with Crippen molar-refractivity contribution in [2.45, 2.75) is 141 Å². The van der Waals surface area contributed by atoms with E-state index in [-0.39, 0.29) is 47.5 Å². The molecule has 0 saturated heterocycles. The molecule has 0 spiro atoms. The molecule has 0 amide bonds. The Labute approximate surface area is 382 Å². The molecule has 0 saturated carbocycles. The third-order valence-electron chi connectivity index (χ3n) is 13.1. The molecule has 0 radical (unpaired) electrons. The molecule has 6 heteroatoms. The van der Waals surface area contributed by atoms with Crippen LogP contribution < -0.4 is 9.47 Å². The van der Waals surface area contributed by atoms with Crippen LogP contribution in [0.5, 0.6) is 11.5 Å². The number of rotatable bonds is 6. The fourth-order valence-corrected chi connectivity index (χ4v) is 13.8.